The molecule has 0 amide bonds. The fourth-order valence-corrected chi connectivity index (χ4v) is 1.75. The van der Waals surface area contributed by atoms with Crippen molar-refractivity contribution in [3.63, 3.8) is 0 Å². The molecule has 6 heteroatoms. The number of rotatable bonds is 3. The molecule has 0 bridgehead atoms. The van der Waals surface area contributed by atoms with Gasteiger partial charge in [-0.05, 0) is 6.26 Å². The van der Waals surface area contributed by atoms with Gasteiger partial charge in [0.2, 0.25) is 0 Å². The van der Waals surface area contributed by atoms with Gasteiger partial charge < -0.3 is 4.74 Å². The largest absolute Gasteiger partial charge is 0.364 e. The Balaban J connectivity index is 3.38. The Hall–Kier alpha value is -0.880. The smallest absolute Gasteiger partial charge is 0.278 e. The van der Waals surface area contributed by atoms with Crippen molar-refractivity contribution in [3.8, 4) is 0 Å². The van der Waals surface area contributed by atoms with Gasteiger partial charge in [-0.25, -0.2) is 0 Å². The summed E-state index contributed by atoms with van der Waals surface area (Å²) in [7, 11) is 1.55. The van der Waals surface area contributed by atoms with Gasteiger partial charge in [-0.1, -0.05) is 32.5 Å². The molecule has 0 spiro atoms. The molecule has 1 rings (SSSR count). The molecule has 0 saturated heterocycles. The summed E-state index contributed by atoms with van der Waals surface area (Å²) < 4.78 is 6.50. The minimum absolute atomic E-state index is 0.131. The Morgan fingerprint density at radius 1 is 1.38 bits per heavy atom. The van der Waals surface area contributed by atoms with Crippen molar-refractivity contribution in [2.75, 3.05) is 13.4 Å². The number of hydrogen-bond acceptors (Lipinski definition) is 5. The lowest BCUT2D eigenvalue weighted by atomic mass is 9.93. The van der Waals surface area contributed by atoms with Gasteiger partial charge in [0.1, 0.15) is 12.4 Å². The normalized spacial score (nSPS) is 11.8. The Morgan fingerprint density at radius 3 is 2.44 bits per heavy atom. The Morgan fingerprint density at radius 2 is 2.00 bits per heavy atom. The van der Waals surface area contributed by atoms with Gasteiger partial charge in [-0.3, -0.25) is 9.36 Å². The molecule has 0 N–H and O–H groups in total. The van der Waals surface area contributed by atoms with Crippen LogP contribution in [0.3, 0.4) is 0 Å². The third-order valence-electron chi connectivity index (χ3n) is 2.07. The molecule has 0 fully saturated rings. The zero-order chi connectivity index (χ0) is 12.3. The van der Waals surface area contributed by atoms with Crippen LogP contribution in [0, 0.1) is 0 Å². The first-order chi connectivity index (χ1) is 7.41. The van der Waals surface area contributed by atoms with Crippen LogP contribution in [0.2, 0.25) is 0 Å². The molecule has 0 aromatic carbocycles. The van der Waals surface area contributed by atoms with Crippen LogP contribution in [0.5, 0.6) is 0 Å². The van der Waals surface area contributed by atoms with Crippen molar-refractivity contribution < 1.29 is 4.74 Å². The maximum Gasteiger partial charge on any atom is 0.278 e. The summed E-state index contributed by atoms with van der Waals surface area (Å²) >= 11 is 1.38. The first-order valence-electron chi connectivity index (χ1n) is 4.92. The molecule has 5 nitrogen and oxygen atoms in total. The molecule has 0 aliphatic carbocycles. The Bertz CT molecular complexity index is 423. The van der Waals surface area contributed by atoms with E-state index in [0.29, 0.717) is 10.9 Å². The summed E-state index contributed by atoms with van der Waals surface area (Å²) in [4.78, 5) is 12.2. The van der Waals surface area contributed by atoms with Crippen molar-refractivity contribution in [1.29, 1.82) is 0 Å². The molecule has 0 atom stereocenters. The van der Waals surface area contributed by atoms with Crippen LogP contribution in [0.4, 0.5) is 0 Å². The van der Waals surface area contributed by atoms with Gasteiger partial charge in [-0.2, -0.15) is 0 Å². The highest BCUT2D eigenvalue weighted by Crippen LogP contribution is 2.17. The van der Waals surface area contributed by atoms with Crippen molar-refractivity contribution in [3.05, 3.63) is 16.0 Å². The third kappa shape index (κ3) is 2.62. The lowest BCUT2D eigenvalue weighted by molar-refractivity contribution is 0.117. The summed E-state index contributed by atoms with van der Waals surface area (Å²) in [6.45, 7) is 6.02. The molecule has 16 heavy (non-hydrogen) atoms. The van der Waals surface area contributed by atoms with Crippen LogP contribution < -0.4 is 5.56 Å². The molecule has 0 aliphatic rings. The average molecular weight is 243 g/mol. The Labute approximate surface area is 99.2 Å². The molecule has 0 saturated carbocycles. The van der Waals surface area contributed by atoms with Gasteiger partial charge in [0.25, 0.3) is 5.56 Å². The van der Waals surface area contributed by atoms with E-state index in [2.05, 4.69) is 10.2 Å². The number of ether oxygens (including phenoxy) is 1. The van der Waals surface area contributed by atoms with E-state index in [-0.39, 0.29) is 17.7 Å². The SMILES string of the molecule is COCn1c(SC)nnc(C(C)(C)C)c1=O. The van der Waals surface area contributed by atoms with Crippen LogP contribution in [0.25, 0.3) is 0 Å². The number of thioether (sulfide) groups is 1. The van der Waals surface area contributed by atoms with E-state index in [4.69, 9.17) is 4.74 Å². The highest BCUT2D eigenvalue weighted by molar-refractivity contribution is 7.98. The molecular formula is C10H17N3O2S. The molecule has 1 heterocycles. The third-order valence-corrected chi connectivity index (χ3v) is 2.73. The predicted molar refractivity (Wildman–Crippen MR) is 63.8 cm³/mol. The van der Waals surface area contributed by atoms with Gasteiger partial charge in [-0.15, -0.1) is 10.2 Å². The molecule has 1 aromatic rings. The van der Waals surface area contributed by atoms with E-state index in [0.717, 1.165) is 0 Å². The second-order valence-corrected chi connectivity index (χ2v) is 5.21. The quantitative estimate of drug-likeness (QED) is 0.748. The summed E-state index contributed by atoms with van der Waals surface area (Å²) in [5, 5.41) is 8.61. The van der Waals surface area contributed by atoms with Crippen LogP contribution >= 0.6 is 11.8 Å². The first-order valence-corrected chi connectivity index (χ1v) is 6.15. The molecule has 1 aromatic heterocycles. The van der Waals surface area contributed by atoms with E-state index >= 15 is 0 Å². The fourth-order valence-electron chi connectivity index (χ4n) is 1.27. The van der Waals surface area contributed by atoms with Gasteiger partial charge in [0, 0.05) is 12.5 Å². The van der Waals surface area contributed by atoms with Crippen LogP contribution in [-0.2, 0) is 16.9 Å². The van der Waals surface area contributed by atoms with Crippen molar-refractivity contribution in [2.45, 2.75) is 38.1 Å². The zero-order valence-electron chi connectivity index (χ0n) is 10.3. The van der Waals surface area contributed by atoms with Crippen LogP contribution in [0.15, 0.2) is 9.95 Å². The number of nitrogens with zero attached hydrogens (tertiary/aromatic N) is 3. The minimum atomic E-state index is -0.309. The topological polar surface area (TPSA) is 57.0 Å². The number of methoxy groups -OCH3 is 1. The van der Waals surface area contributed by atoms with Gasteiger partial charge in [0.05, 0.1) is 0 Å². The van der Waals surface area contributed by atoms with Gasteiger partial charge >= 0.3 is 0 Å². The van der Waals surface area contributed by atoms with Crippen molar-refractivity contribution >= 4 is 11.8 Å². The molecule has 0 unspecified atom stereocenters. The fraction of sp³-hybridized carbons (Fsp3) is 0.700. The summed E-state index contributed by atoms with van der Waals surface area (Å²) in [5.41, 5.74) is 0.0207. The number of aromatic nitrogens is 3. The van der Waals surface area contributed by atoms with Crippen LogP contribution in [0.1, 0.15) is 26.5 Å². The highest BCUT2D eigenvalue weighted by atomic mass is 32.2. The number of hydrogen-bond donors (Lipinski definition) is 0. The second kappa shape index (κ2) is 4.97. The second-order valence-electron chi connectivity index (χ2n) is 4.44. The van der Waals surface area contributed by atoms with E-state index in [9.17, 15) is 4.79 Å². The predicted octanol–water partition coefficient (Wildman–Crippen LogP) is 1.26. The summed E-state index contributed by atoms with van der Waals surface area (Å²) in [5.74, 6) is 0. The lowest BCUT2D eigenvalue weighted by Gasteiger charge is -2.18. The van der Waals surface area contributed by atoms with Crippen molar-refractivity contribution in [1.82, 2.24) is 14.8 Å². The van der Waals surface area contributed by atoms with E-state index in [1.807, 2.05) is 27.0 Å². The summed E-state index contributed by atoms with van der Waals surface area (Å²) in [6.07, 6.45) is 1.85. The van der Waals surface area contributed by atoms with Crippen molar-refractivity contribution in [2.24, 2.45) is 0 Å². The van der Waals surface area contributed by atoms with E-state index < -0.39 is 0 Å². The maximum atomic E-state index is 12.2. The molecule has 0 radical (unpaired) electrons. The molecule has 90 valence electrons. The maximum absolute atomic E-state index is 12.2. The van der Waals surface area contributed by atoms with E-state index in [1.54, 1.807) is 7.11 Å². The lowest BCUT2D eigenvalue weighted by Crippen LogP contribution is -2.34. The minimum Gasteiger partial charge on any atom is -0.364 e. The van der Waals surface area contributed by atoms with E-state index in [1.165, 1.54) is 16.3 Å². The molecule has 0 aliphatic heterocycles. The molecular weight excluding hydrogens is 226 g/mol. The Kier molecular flexibility index (Phi) is 4.09. The average Bonchev–Trinajstić information content (AvgIpc) is 2.19. The highest BCUT2D eigenvalue weighted by Gasteiger charge is 2.22. The monoisotopic (exact) mass is 243 g/mol. The summed E-state index contributed by atoms with van der Waals surface area (Å²) in [6, 6.07) is 0. The van der Waals surface area contributed by atoms with Gasteiger partial charge in [0.15, 0.2) is 5.16 Å². The zero-order valence-corrected chi connectivity index (χ0v) is 11.1. The van der Waals surface area contributed by atoms with Crippen LogP contribution in [-0.4, -0.2) is 28.1 Å². The standard InChI is InChI=1S/C10H17N3O2S/c1-10(2,3)7-8(14)13(6-15-4)9(16-5)12-11-7/h6H2,1-5H3. The first kappa shape index (κ1) is 13.2.